The Bertz CT molecular complexity index is 682. The van der Waals surface area contributed by atoms with E-state index in [-0.39, 0.29) is 17.9 Å². The van der Waals surface area contributed by atoms with Gasteiger partial charge in [-0.1, -0.05) is 42.1 Å². The summed E-state index contributed by atoms with van der Waals surface area (Å²) >= 11 is 12.2. The minimum absolute atomic E-state index is 0.00914. The fourth-order valence-electron chi connectivity index (χ4n) is 3.90. The van der Waals surface area contributed by atoms with Crippen molar-refractivity contribution in [3.63, 3.8) is 0 Å². The van der Waals surface area contributed by atoms with Gasteiger partial charge in [-0.3, -0.25) is 4.79 Å². The highest BCUT2D eigenvalue weighted by atomic mass is 35.5. The molecule has 4 nitrogen and oxygen atoms in total. The highest BCUT2D eigenvalue weighted by Gasteiger charge is 2.36. The number of nitrogens with zero attached hydrogens (tertiary/aromatic N) is 1. The monoisotopic (exact) mass is 381 g/mol. The highest BCUT2D eigenvalue weighted by Crippen LogP contribution is 2.36. The van der Waals surface area contributed by atoms with Gasteiger partial charge >= 0.3 is 5.97 Å². The van der Waals surface area contributed by atoms with Crippen molar-refractivity contribution in [2.24, 2.45) is 11.8 Å². The quantitative estimate of drug-likeness (QED) is 0.780. The molecule has 2 fully saturated rings. The van der Waals surface area contributed by atoms with Crippen LogP contribution in [0.1, 0.15) is 37.7 Å². The number of carbonyl (C=O) groups is 2. The number of amides is 1. The Balaban J connectivity index is 1.75. The van der Waals surface area contributed by atoms with E-state index in [0.717, 1.165) is 13.1 Å². The first-order chi connectivity index (χ1) is 12.0. The van der Waals surface area contributed by atoms with E-state index in [1.165, 1.54) is 31.8 Å². The molecule has 1 N–H and O–H groups in total. The molecule has 1 aromatic carbocycles. The predicted octanol–water partition coefficient (Wildman–Crippen LogP) is 4.50. The van der Waals surface area contributed by atoms with Crippen molar-refractivity contribution in [2.75, 3.05) is 13.1 Å². The second-order valence-electron chi connectivity index (χ2n) is 6.89. The number of fused-ring (bicyclic) bond motifs is 1. The lowest BCUT2D eigenvalue weighted by Crippen LogP contribution is -2.29. The molecule has 2 atom stereocenters. The normalized spacial score (nSPS) is 23.4. The molecular weight excluding hydrogens is 361 g/mol. The largest absolute Gasteiger partial charge is 0.478 e. The van der Waals surface area contributed by atoms with Crippen LogP contribution in [0.15, 0.2) is 23.8 Å². The van der Waals surface area contributed by atoms with Gasteiger partial charge in [0.2, 0.25) is 5.91 Å². The van der Waals surface area contributed by atoms with E-state index in [4.69, 9.17) is 23.2 Å². The zero-order chi connectivity index (χ0) is 18.0. The van der Waals surface area contributed by atoms with E-state index in [0.29, 0.717) is 27.4 Å². The fourth-order valence-corrected chi connectivity index (χ4v) is 4.40. The number of carboxylic acids is 1. The van der Waals surface area contributed by atoms with Crippen LogP contribution in [0.2, 0.25) is 10.0 Å². The van der Waals surface area contributed by atoms with Gasteiger partial charge in [-0.05, 0) is 42.9 Å². The lowest BCUT2D eigenvalue weighted by Gasteiger charge is -2.22. The smallest absolute Gasteiger partial charge is 0.332 e. The summed E-state index contributed by atoms with van der Waals surface area (Å²) in [5.74, 6) is -0.104. The molecule has 134 valence electrons. The summed E-state index contributed by atoms with van der Waals surface area (Å²) in [4.78, 5) is 26.0. The topological polar surface area (TPSA) is 57.6 Å². The van der Waals surface area contributed by atoms with E-state index < -0.39 is 5.97 Å². The maximum Gasteiger partial charge on any atom is 0.332 e. The van der Waals surface area contributed by atoms with Gasteiger partial charge in [0.05, 0.1) is 6.42 Å². The molecule has 0 spiro atoms. The molecule has 1 amide bonds. The molecule has 1 aliphatic heterocycles. The molecule has 1 aliphatic carbocycles. The molecule has 1 aromatic rings. The van der Waals surface area contributed by atoms with Crippen LogP contribution in [0.3, 0.4) is 0 Å². The van der Waals surface area contributed by atoms with Crippen molar-refractivity contribution in [1.82, 2.24) is 4.90 Å². The number of aliphatic carboxylic acids is 1. The first-order valence-electron chi connectivity index (χ1n) is 8.61. The third kappa shape index (κ3) is 4.18. The van der Waals surface area contributed by atoms with Gasteiger partial charge in [0.15, 0.2) is 0 Å². The summed E-state index contributed by atoms with van der Waals surface area (Å²) in [5, 5.41) is 10.2. The summed E-state index contributed by atoms with van der Waals surface area (Å²) < 4.78 is 0. The molecule has 3 rings (SSSR count). The van der Waals surface area contributed by atoms with Crippen molar-refractivity contribution < 1.29 is 14.7 Å². The average molecular weight is 382 g/mol. The third-order valence-corrected chi connectivity index (χ3v) is 5.92. The van der Waals surface area contributed by atoms with E-state index in [9.17, 15) is 14.7 Å². The first-order valence-corrected chi connectivity index (χ1v) is 9.37. The number of likely N-dealkylation sites (tertiary alicyclic amines) is 1. The SMILES string of the molecule is O=C(O)C(=Cc1c(Cl)cccc1Cl)CC(=O)N1C[C@H]2CCCC[C@H]2C1. The van der Waals surface area contributed by atoms with Crippen LogP contribution in [-0.4, -0.2) is 35.0 Å². The predicted molar refractivity (Wildman–Crippen MR) is 98.7 cm³/mol. The van der Waals surface area contributed by atoms with Crippen LogP contribution in [0, 0.1) is 11.8 Å². The van der Waals surface area contributed by atoms with Gasteiger partial charge in [0.25, 0.3) is 0 Å². The summed E-state index contributed by atoms with van der Waals surface area (Å²) in [6.45, 7) is 1.51. The number of hydrogen-bond acceptors (Lipinski definition) is 2. The summed E-state index contributed by atoms with van der Waals surface area (Å²) in [7, 11) is 0. The molecule has 1 saturated carbocycles. The molecule has 0 aromatic heterocycles. The Kier molecular flexibility index (Phi) is 5.70. The highest BCUT2D eigenvalue weighted by molar-refractivity contribution is 6.37. The van der Waals surface area contributed by atoms with Crippen LogP contribution < -0.4 is 0 Å². The van der Waals surface area contributed by atoms with E-state index in [1.54, 1.807) is 18.2 Å². The van der Waals surface area contributed by atoms with E-state index in [1.807, 2.05) is 4.90 Å². The lowest BCUT2D eigenvalue weighted by molar-refractivity contribution is -0.136. The summed E-state index contributed by atoms with van der Waals surface area (Å²) in [5.41, 5.74) is 0.445. The Morgan fingerprint density at radius 2 is 1.68 bits per heavy atom. The Hall–Kier alpha value is -1.52. The van der Waals surface area contributed by atoms with Crippen LogP contribution in [-0.2, 0) is 9.59 Å². The molecule has 0 bridgehead atoms. The molecule has 25 heavy (non-hydrogen) atoms. The fraction of sp³-hybridized carbons (Fsp3) is 0.474. The van der Waals surface area contributed by atoms with E-state index in [2.05, 4.69) is 0 Å². The van der Waals surface area contributed by atoms with Crippen molar-refractivity contribution >= 4 is 41.2 Å². The molecule has 0 radical (unpaired) electrons. The van der Waals surface area contributed by atoms with Crippen molar-refractivity contribution in [1.29, 1.82) is 0 Å². The Labute approximate surface area is 157 Å². The van der Waals surface area contributed by atoms with Gasteiger partial charge in [-0.15, -0.1) is 0 Å². The van der Waals surface area contributed by atoms with Crippen molar-refractivity contribution in [3.8, 4) is 0 Å². The lowest BCUT2D eigenvalue weighted by atomic mass is 9.82. The van der Waals surface area contributed by atoms with Crippen LogP contribution >= 0.6 is 23.2 Å². The minimum atomic E-state index is -1.12. The number of hydrogen-bond donors (Lipinski definition) is 1. The van der Waals surface area contributed by atoms with Gasteiger partial charge in [0, 0.05) is 34.3 Å². The van der Waals surface area contributed by atoms with Crippen molar-refractivity contribution in [2.45, 2.75) is 32.1 Å². The maximum absolute atomic E-state index is 12.6. The number of rotatable bonds is 4. The van der Waals surface area contributed by atoms with Crippen LogP contribution in [0.4, 0.5) is 0 Å². The van der Waals surface area contributed by atoms with E-state index >= 15 is 0 Å². The zero-order valence-corrected chi connectivity index (χ0v) is 15.4. The standard InChI is InChI=1S/C19H21Cl2NO3/c20-16-6-3-7-17(21)15(16)8-14(19(24)25)9-18(23)22-10-12-4-1-2-5-13(12)11-22/h3,6-8,12-13H,1-2,4-5,9-11H2,(H,24,25)/t12-,13+. The van der Waals surface area contributed by atoms with Gasteiger partial charge in [-0.25, -0.2) is 4.79 Å². The van der Waals surface area contributed by atoms with Gasteiger partial charge in [0.1, 0.15) is 0 Å². The molecule has 6 heteroatoms. The molecule has 2 aliphatic rings. The Morgan fingerprint density at radius 1 is 1.12 bits per heavy atom. The molecule has 0 unspecified atom stereocenters. The maximum atomic E-state index is 12.6. The van der Waals surface area contributed by atoms with Crippen molar-refractivity contribution in [3.05, 3.63) is 39.4 Å². The van der Waals surface area contributed by atoms with Gasteiger partial charge < -0.3 is 10.0 Å². The van der Waals surface area contributed by atoms with Crippen LogP contribution in [0.25, 0.3) is 6.08 Å². The first kappa shape index (κ1) is 18.3. The second-order valence-corrected chi connectivity index (χ2v) is 7.70. The Morgan fingerprint density at radius 3 is 2.20 bits per heavy atom. The number of carboxylic acid groups (broad SMARTS) is 1. The number of halogens is 2. The minimum Gasteiger partial charge on any atom is -0.478 e. The van der Waals surface area contributed by atoms with Gasteiger partial charge in [-0.2, -0.15) is 0 Å². The average Bonchev–Trinajstić information content (AvgIpc) is 3.01. The number of carbonyl (C=O) groups excluding carboxylic acids is 1. The molecule has 1 heterocycles. The summed E-state index contributed by atoms with van der Waals surface area (Å²) in [6, 6.07) is 4.98. The van der Waals surface area contributed by atoms with Crippen LogP contribution in [0.5, 0.6) is 0 Å². The number of benzene rings is 1. The zero-order valence-electron chi connectivity index (χ0n) is 13.9. The molecular formula is C19H21Cl2NO3. The second kappa shape index (κ2) is 7.79. The summed E-state index contributed by atoms with van der Waals surface area (Å²) in [6.07, 6.45) is 6.07. The molecule has 1 saturated heterocycles. The third-order valence-electron chi connectivity index (χ3n) is 5.26.